The largest absolute Gasteiger partial charge is 0.497 e. The molecule has 1 heterocycles. The fraction of sp³-hybridized carbons (Fsp3) is 0.458. The van der Waals surface area contributed by atoms with Gasteiger partial charge < -0.3 is 24.6 Å². The van der Waals surface area contributed by atoms with Crippen molar-refractivity contribution in [1.82, 2.24) is 14.5 Å². The Kier molecular flexibility index (Phi) is 8.62. The monoisotopic (exact) mass is 490 g/mol. The van der Waals surface area contributed by atoms with Crippen LogP contribution in [-0.4, -0.2) is 83.7 Å². The number of ether oxygens (including phenoxy) is 2. The van der Waals surface area contributed by atoms with Crippen molar-refractivity contribution >= 4 is 21.7 Å². The number of nitrogens with zero attached hydrogens (tertiary/aromatic N) is 3. The number of urea groups is 1. The molecule has 1 aliphatic rings. The minimum atomic E-state index is -3.79. The van der Waals surface area contributed by atoms with Crippen LogP contribution in [-0.2, 0) is 10.0 Å². The molecule has 1 saturated heterocycles. The highest BCUT2D eigenvalue weighted by Crippen LogP contribution is 2.31. The number of likely N-dealkylation sites (N-methyl/N-ethyl adjacent to an activating group) is 1. The van der Waals surface area contributed by atoms with Crippen molar-refractivity contribution in [3.05, 3.63) is 48.0 Å². The number of piperazine rings is 1. The van der Waals surface area contributed by atoms with Gasteiger partial charge >= 0.3 is 6.03 Å². The van der Waals surface area contributed by atoms with Crippen LogP contribution < -0.4 is 19.7 Å². The number of aryl methyl sites for hydroxylation is 1. The first-order chi connectivity index (χ1) is 16.3. The molecule has 1 fully saturated rings. The zero-order valence-corrected chi connectivity index (χ0v) is 21.1. The molecule has 2 aromatic carbocycles. The highest BCUT2D eigenvalue weighted by molar-refractivity contribution is 7.89. The van der Waals surface area contributed by atoms with E-state index < -0.39 is 10.0 Å². The molecule has 1 aliphatic heterocycles. The van der Waals surface area contributed by atoms with Gasteiger partial charge in [0, 0.05) is 57.6 Å². The van der Waals surface area contributed by atoms with Crippen molar-refractivity contribution in [3.8, 4) is 11.5 Å². The van der Waals surface area contributed by atoms with E-state index in [9.17, 15) is 13.2 Å². The molecule has 186 valence electrons. The number of amides is 2. The van der Waals surface area contributed by atoms with Gasteiger partial charge in [-0.2, -0.15) is 4.31 Å². The Bertz CT molecular complexity index is 1080. The summed E-state index contributed by atoms with van der Waals surface area (Å²) in [6.45, 7) is 7.21. The summed E-state index contributed by atoms with van der Waals surface area (Å²) < 4.78 is 38.2. The maximum absolute atomic E-state index is 13.2. The summed E-state index contributed by atoms with van der Waals surface area (Å²) in [6.07, 6.45) is 0. The molecule has 0 aromatic heterocycles. The smallest absolute Gasteiger partial charge is 0.317 e. The molecule has 2 aromatic rings. The average molecular weight is 491 g/mol. The lowest BCUT2D eigenvalue weighted by Crippen LogP contribution is -2.53. The average Bonchev–Trinajstić information content (AvgIpc) is 2.86. The van der Waals surface area contributed by atoms with E-state index >= 15 is 0 Å². The van der Waals surface area contributed by atoms with Gasteiger partial charge in [-0.3, -0.25) is 0 Å². The third-order valence-corrected chi connectivity index (χ3v) is 7.84. The Morgan fingerprint density at radius 3 is 2.41 bits per heavy atom. The Balaban J connectivity index is 1.54. The van der Waals surface area contributed by atoms with Crippen LogP contribution in [0.5, 0.6) is 11.5 Å². The molecule has 0 atom stereocenters. The van der Waals surface area contributed by atoms with E-state index in [4.69, 9.17) is 9.47 Å². The zero-order valence-electron chi connectivity index (χ0n) is 20.3. The first kappa shape index (κ1) is 25.6. The number of rotatable bonds is 9. The van der Waals surface area contributed by atoms with Gasteiger partial charge in [0.1, 0.15) is 16.4 Å². The van der Waals surface area contributed by atoms with Crippen molar-refractivity contribution in [2.24, 2.45) is 0 Å². The van der Waals surface area contributed by atoms with Crippen LogP contribution in [0.1, 0.15) is 12.5 Å². The van der Waals surface area contributed by atoms with E-state index in [2.05, 4.69) is 42.3 Å². The van der Waals surface area contributed by atoms with Gasteiger partial charge in [0.2, 0.25) is 10.0 Å². The second-order valence-electron chi connectivity index (χ2n) is 8.06. The molecular formula is C24H34N4O5S. The van der Waals surface area contributed by atoms with Crippen LogP contribution in [0.2, 0.25) is 0 Å². The van der Waals surface area contributed by atoms with E-state index in [1.165, 1.54) is 30.2 Å². The molecule has 34 heavy (non-hydrogen) atoms. The quantitative estimate of drug-likeness (QED) is 0.581. The lowest BCUT2D eigenvalue weighted by Gasteiger charge is -2.34. The minimum Gasteiger partial charge on any atom is -0.497 e. The molecule has 10 heteroatoms. The standard InChI is InChI=1S/C24H34N4O5S/c1-5-26(20-8-6-7-19(2)17-20)12-11-25-24(29)27-13-15-28(16-14-27)34(30,31)23-18-21(32-3)9-10-22(23)33-4/h6-10,17-18H,5,11-16H2,1-4H3,(H,25,29). The molecule has 0 aliphatic carbocycles. The first-order valence-electron chi connectivity index (χ1n) is 11.4. The van der Waals surface area contributed by atoms with E-state index in [0.29, 0.717) is 31.9 Å². The number of nitrogens with one attached hydrogen (secondary N) is 1. The first-order valence-corrected chi connectivity index (χ1v) is 12.8. The summed E-state index contributed by atoms with van der Waals surface area (Å²) >= 11 is 0. The number of methoxy groups -OCH3 is 2. The number of carbonyl (C=O) groups is 1. The summed E-state index contributed by atoms with van der Waals surface area (Å²) in [7, 11) is -0.874. The molecule has 0 bridgehead atoms. The highest BCUT2D eigenvalue weighted by Gasteiger charge is 2.32. The molecule has 1 N–H and O–H groups in total. The van der Waals surface area contributed by atoms with Crippen LogP contribution in [0.4, 0.5) is 10.5 Å². The fourth-order valence-corrected chi connectivity index (χ4v) is 5.55. The summed E-state index contributed by atoms with van der Waals surface area (Å²) in [6, 6.07) is 12.8. The predicted octanol–water partition coefficient (Wildman–Crippen LogP) is 2.55. The molecule has 2 amide bonds. The van der Waals surface area contributed by atoms with Gasteiger partial charge in [0.05, 0.1) is 14.2 Å². The SMILES string of the molecule is CCN(CCNC(=O)N1CCN(S(=O)(=O)c2cc(OC)ccc2OC)CC1)c1cccc(C)c1. The lowest BCUT2D eigenvalue weighted by molar-refractivity contribution is 0.172. The van der Waals surface area contributed by atoms with Crippen molar-refractivity contribution in [3.63, 3.8) is 0 Å². The Morgan fingerprint density at radius 2 is 1.79 bits per heavy atom. The van der Waals surface area contributed by atoms with Crippen LogP contribution >= 0.6 is 0 Å². The van der Waals surface area contributed by atoms with Crippen molar-refractivity contribution in [1.29, 1.82) is 0 Å². The van der Waals surface area contributed by atoms with Gasteiger partial charge in [-0.1, -0.05) is 12.1 Å². The van der Waals surface area contributed by atoms with E-state index in [-0.39, 0.29) is 29.8 Å². The van der Waals surface area contributed by atoms with Gasteiger partial charge in [-0.15, -0.1) is 0 Å². The Morgan fingerprint density at radius 1 is 1.06 bits per heavy atom. The molecule has 0 unspecified atom stereocenters. The number of sulfonamides is 1. The minimum absolute atomic E-state index is 0.0584. The predicted molar refractivity (Wildman–Crippen MR) is 132 cm³/mol. The summed E-state index contributed by atoms with van der Waals surface area (Å²) in [5.74, 6) is 0.694. The highest BCUT2D eigenvalue weighted by atomic mass is 32.2. The number of carbonyl (C=O) groups excluding carboxylic acids is 1. The Hall–Kier alpha value is -2.98. The van der Waals surface area contributed by atoms with Crippen molar-refractivity contribution < 1.29 is 22.7 Å². The van der Waals surface area contributed by atoms with Crippen molar-refractivity contribution in [2.45, 2.75) is 18.7 Å². The number of anilines is 1. The maximum atomic E-state index is 13.2. The van der Waals surface area contributed by atoms with Gasteiger partial charge in [-0.25, -0.2) is 13.2 Å². The zero-order chi connectivity index (χ0) is 24.7. The maximum Gasteiger partial charge on any atom is 0.317 e. The van der Waals surface area contributed by atoms with Gasteiger partial charge in [0.25, 0.3) is 0 Å². The van der Waals surface area contributed by atoms with E-state index in [1.54, 1.807) is 17.0 Å². The summed E-state index contributed by atoms with van der Waals surface area (Å²) in [5, 5.41) is 2.96. The molecule has 0 saturated carbocycles. The molecule has 0 spiro atoms. The lowest BCUT2D eigenvalue weighted by atomic mass is 10.2. The molecular weight excluding hydrogens is 456 g/mol. The second-order valence-corrected chi connectivity index (χ2v) is 9.96. The van der Waals surface area contributed by atoms with Crippen molar-refractivity contribution in [2.75, 3.05) is 64.9 Å². The van der Waals surface area contributed by atoms with E-state index in [0.717, 1.165) is 12.2 Å². The van der Waals surface area contributed by atoms with Crippen LogP contribution in [0.3, 0.4) is 0 Å². The molecule has 3 rings (SSSR count). The normalized spacial score (nSPS) is 14.5. The van der Waals surface area contributed by atoms with Gasteiger partial charge in [0.15, 0.2) is 0 Å². The van der Waals surface area contributed by atoms with Crippen LogP contribution in [0.25, 0.3) is 0 Å². The Labute approximate surface area is 202 Å². The topological polar surface area (TPSA) is 91.4 Å². The summed E-state index contributed by atoms with van der Waals surface area (Å²) in [4.78, 5) is 16.6. The molecule has 0 radical (unpaired) electrons. The number of benzene rings is 2. The van der Waals surface area contributed by atoms with Gasteiger partial charge in [-0.05, 0) is 43.7 Å². The van der Waals surface area contributed by atoms with E-state index in [1.807, 2.05) is 6.07 Å². The fourth-order valence-electron chi connectivity index (χ4n) is 3.96. The number of hydrogen-bond acceptors (Lipinski definition) is 6. The van der Waals surface area contributed by atoms with Crippen LogP contribution in [0, 0.1) is 6.92 Å². The molecule has 9 nitrogen and oxygen atoms in total. The van der Waals surface area contributed by atoms with Crippen LogP contribution in [0.15, 0.2) is 47.4 Å². The second kappa shape index (κ2) is 11.4. The third-order valence-electron chi connectivity index (χ3n) is 5.92. The number of hydrogen-bond donors (Lipinski definition) is 1. The third kappa shape index (κ3) is 5.92. The summed E-state index contributed by atoms with van der Waals surface area (Å²) in [5.41, 5.74) is 2.32.